The van der Waals surface area contributed by atoms with Crippen LogP contribution in [0.5, 0.6) is 5.75 Å². The Hall–Kier alpha value is -2.53. The average molecular weight is 347 g/mol. The number of hydrogen-bond donors (Lipinski definition) is 2. The van der Waals surface area contributed by atoms with E-state index in [0.29, 0.717) is 23.7 Å². The lowest BCUT2D eigenvalue weighted by Gasteiger charge is -2.07. The van der Waals surface area contributed by atoms with Gasteiger partial charge in [0.1, 0.15) is 11.6 Å². The third-order valence-corrected chi connectivity index (χ3v) is 3.88. The number of benzene rings is 2. The summed E-state index contributed by atoms with van der Waals surface area (Å²) in [5.74, 6) is 0.0985. The van der Waals surface area contributed by atoms with Crippen LogP contribution in [-0.2, 0) is 11.2 Å². The van der Waals surface area contributed by atoms with Crippen LogP contribution in [0.2, 0.25) is 5.02 Å². The highest BCUT2D eigenvalue weighted by Crippen LogP contribution is 2.19. The van der Waals surface area contributed by atoms with Gasteiger partial charge in [-0.05, 0) is 54.4 Å². The molecule has 6 heteroatoms. The van der Waals surface area contributed by atoms with Gasteiger partial charge in [-0.25, -0.2) is 4.39 Å². The van der Waals surface area contributed by atoms with Gasteiger partial charge in [0.2, 0.25) is 0 Å². The van der Waals surface area contributed by atoms with E-state index >= 15 is 0 Å². The predicted molar refractivity (Wildman–Crippen MR) is 91.9 cm³/mol. The van der Waals surface area contributed by atoms with Crippen molar-refractivity contribution in [2.24, 2.45) is 0 Å². The molecule has 0 aliphatic carbocycles. The van der Waals surface area contributed by atoms with E-state index < -0.39 is 0 Å². The molecule has 1 amide bonds. The van der Waals surface area contributed by atoms with E-state index in [4.69, 9.17) is 16.3 Å². The first kappa shape index (κ1) is 16.3. The van der Waals surface area contributed by atoms with Crippen LogP contribution in [0.15, 0.2) is 48.7 Å². The molecule has 2 aromatic carbocycles. The summed E-state index contributed by atoms with van der Waals surface area (Å²) in [6.07, 6.45) is 2.44. The predicted octanol–water partition coefficient (Wildman–Crippen LogP) is 3.70. The monoisotopic (exact) mass is 346 g/mol. The molecule has 4 nitrogen and oxygen atoms in total. The van der Waals surface area contributed by atoms with E-state index in [9.17, 15) is 9.18 Å². The van der Waals surface area contributed by atoms with Crippen molar-refractivity contribution in [3.05, 3.63) is 65.1 Å². The Morgan fingerprint density at radius 2 is 2.00 bits per heavy atom. The number of ether oxygens (including phenoxy) is 1. The summed E-state index contributed by atoms with van der Waals surface area (Å²) >= 11 is 5.78. The van der Waals surface area contributed by atoms with Crippen molar-refractivity contribution in [2.75, 3.05) is 13.2 Å². The fourth-order valence-corrected chi connectivity index (χ4v) is 2.55. The fraction of sp³-hybridized carbons (Fsp3) is 0.167. The molecular formula is C18H16ClFN2O2. The maximum absolute atomic E-state index is 13.3. The van der Waals surface area contributed by atoms with E-state index in [0.717, 1.165) is 16.5 Å². The average Bonchev–Trinajstić information content (AvgIpc) is 2.97. The summed E-state index contributed by atoms with van der Waals surface area (Å²) in [6.45, 7) is 0.385. The van der Waals surface area contributed by atoms with Crippen LogP contribution in [0.1, 0.15) is 5.56 Å². The molecule has 24 heavy (non-hydrogen) atoms. The number of hydrogen-bond acceptors (Lipinski definition) is 2. The van der Waals surface area contributed by atoms with Gasteiger partial charge in [0.15, 0.2) is 6.61 Å². The minimum absolute atomic E-state index is 0.0653. The van der Waals surface area contributed by atoms with Crippen molar-refractivity contribution in [3.63, 3.8) is 0 Å². The summed E-state index contributed by atoms with van der Waals surface area (Å²) in [7, 11) is 0. The van der Waals surface area contributed by atoms with Crippen LogP contribution < -0.4 is 10.1 Å². The lowest BCUT2D eigenvalue weighted by molar-refractivity contribution is -0.123. The lowest BCUT2D eigenvalue weighted by Crippen LogP contribution is -2.30. The third kappa shape index (κ3) is 4.06. The molecule has 1 heterocycles. The smallest absolute Gasteiger partial charge is 0.257 e. The van der Waals surface area contributed by atoms with Gasteiger partial charge < -0.3 is 15.0 Å². The molecule has 0 spiro atoms. The maximum Gasteiger partial charge on any atom is 0.257 e. The third-order valence-electron chi connectivity index (χ3n) is 3.63. The minimum Gasteiger partial charge on any atom is -0.484 e. The van der Waals surface area contributed by atoms with Gasteiger partial charge >= 0.3 is 0 Å². The topological polar surface area (TPSA) is 54.1 Å². The molecule has 0 fully saturated rings. The molecule has 1 aromatic heterocycles. The Labute approximate surface area is 143 Å². The number of fused-ring (bicyclic) bond motifs is 1. The summed E-state index contributed by atoms with van der Waals surface area (Å²) < 4.78 is 18.7. The number of aromatic nitrogens is 1. The van der Waals surface area contributed by atoms with Crippen LogP contribution in [0.3, 0.4) is 0 Å². The van der Waals surface area contributed by atoms with E-state index in [1.54, 1.807) is 30.3 Å². The molecule has 0 bridgehead atoms. The van der Waals surface area contributed by atoms with E-state index in [1.807, 2.05) is 6.20 Å². The van der Waals surface area contributed by atoms with Crippen LogP contribution in [0, 0.1) is 5.82 Å². The molecule has 0 radical (unpaired) electrons. The first-order chi connectivity index (χ1) is 11.6. The van der Waals surface area contributed by atoms with Crippen LogP contribution in [0.25, 0.3) is 10.9 Å². The van der Waals surface area contributed by atoms with E-state index in [2.05, 4.69) is 10.3 Å². The van der Waals surface area contributed by atoms with E-state index in [-0.39, 0.29) is 18.3 Å². The number of carbonyl (C=O) groups excluding carboxylic acids is 1. The van der Waals surface area contributed by atoms with Crippen molar-refractivity contribution in [2.45, 2.75) is 6.42 Å². The number of amides is 1. The van der Waals surface area contributed by atoms with E-state index in [1.165, 1.54) is 12.1 Å². The van der Waals surface area contributed by atoms with Crippen molar-refractivity contribution >= 4 is 28.4 Å². The SMILES string of the molecule is O=C(COc1ccc(Cl)cc1)NCCc1c[nH]c2ccc(F)cc12. The van der Waals surface area contributed by atoms with Gasteiger partial charge in [0, 0.05) is 28.7 Å². The van der Waals surface area contributed by atoms with Crippen molar-refractivity contribution in [1.29, 1.82) is 0 Å². The second-order valence-electron chi connectivity index (χ2n) is 5.35. The number of H-pyrrole nitrogens is 1. The zero-order valence-electron chi connectivity index (χ0n) is 12.8. The Morgan fingerprint density at radius 3 is 2.79 bits per heavy atom. The van der Waals surface area contributed by atoms with Gasteiger partial charge in [-0.15, -0.1) is 0 Å². The molecular weight excluding hydrogens is 331 g/mol. The van der Waals surface area contributed by atoms with Gasteiger partial charge in [-0.2, -0.15) is 0 Å². The minimum atomic E-state index is -0.274. The van der Waals surface area contributed by atoms with Crippen molar-refractivity contribution < 1.29 is 13.9 Å². The van der Waals surface area contributed by atoms with Gasteiger partial charge in [-0.3, -0.25) is 4.79 Å². The van der Waals surface area contributed by atoms with Gasteiger partial charge in [0.25, 0.3) is 5.91 Å². The Bertz CT molecular complexity index is 846. The van der Waals surface area contributed by atoms with Crippen LogP contribution in [-0.4, -0.2) is 24.0 Å². The number of nitrogens with one attached hydrogen (secondary N) is 2. The second-order valence-corrected chi connectivity index (χ2v) is 5.78. The molecule has 3 aromatic rings. The maximum atomic E-state index is 13.3. The Kier molecular flexibility index (Phi) is 5.01. The number of aromatic amines is 1. The van der Waals surface area contributed by atoms with Crippen LogP contribution >= 0.6 is 11.6 Å². The summed E-state index contributed by atoms with van der Waals surface area (Å²) in [5, 5.41) is 4.23. The largest absolute Gasteiger partial charge is 0.484 e. The molecule has 0 aliphatic heterocycles. The molecule has 0 atom stereocenters. The number of halogens is 2. The number of rotatable bonds is 6. The standard InChI is InChI=1S/C18H16ClFN2O2/c19-13-1-4-15(5-2-13)24-11-18(23)21-8-7-12-10-22-17-6-3-14(20)9-16(12)17/h1-6,9-10,22H,7-8,11H2,(H,21,23). The van der Waals surface area contributed by atoms with Crippen molar-refractivity contribution in [3.8, 4) is 5.75 Å². The molecule has 0 aliphatic rings. The highest BCUT2D eigenvalue weighted by Gasteiger charge is 2.07. The Morgan fingerprint density at radius 1 is 1.21 bits per heavy atom. The van der Waals surface area contributed by atoms with Crippen LogP contribution in [0.4, 0.5) is 4.39 Å². The zero-order valence-corrected chi connectivity index (χ0v) is 13.6. The molecule has 3 rings (SSSR count). The zero-order chi connectivity index (χ0) is 16.9. The number of carbonyl (C=O) groups is 1. The fourth-order valence-electron chi connectivity index (χ4n) is 2.42. The first-order valence-electron chi connectivity index (χ1n) is 7.52. The summed E-state index contributed by atoms with van der Waals surface area (Å²) in [6, 6.07) is 11.4. The molecule has 0 saturated carbocycles. The second kappa shape index (κ2) is 7.36. The molecule has 0 saturated heterocycles. The first-order valence-corrected chi connectivity index (χ1v) is 7.90. The Balaban J connectivity index is 1.47. The molecule has 124 valence electrons. The quantitative estimate of drug-likeness (QED) is 0.715. The van der Waals surface area contributed by atoms with Gasteiger partial charge in [-0.1, -0.05) is 11.6 Å². The summed E-state index contributed by atoms with van der Waals surface area (Å²) in [5.41, 5.74) is 1.84. The highest BCUT2D eigenvalue weighted by molar-refractivity contribution is 6.30. The highest BCUT2D eigenvalue weighted by atomic mass is 35.5. The molecule has 2 N–H and O–H groups in total. The van der Waals surface area contributed by atoms with Crippen molar-refractivity contribution in [1.82, 2.24) is 10.3 Å². The van der Waals surface area contributed by atoms with Gasteiger partial charge in [0.05, 0.1) is 0 Å². The lowest BCUT2D eigenvalue weighted by atomic mass is 10.1. The summed E-state index contributed by atoms with van der Waals surface area (Å²) in [4.78, 5) is 14.9. The normalized spacial score (nSPS) is 10.8. The molecule has 0 unspecified atom stereocenters.